The molecule has 0 radical (unpaired) electrons. The lowest BCUT2D eigenvalue weighted by Gasteiger charge is -2.22. The number of hydrogen-bond donors (Lipinski definition) is 3. The van der Waals surface area contributed by atoms with Crippen molar-refractivity contribution >= 4 is 21.6 Å². The molecule has 0 spiro atoms. The number of nitrogens with one attached hydrogen (secondary N) is 2. The van der Waals surface area contributed by atoms with Gasteiger partial charge in [-0.2, -0.15) is 0 Å². The Bertz CT molecular complexity index is 550. The summed E-state index contributed by atoms with van der Waals surface area (Å²) < 4.78 is 27.5. The van der Waals surface area contributed by atoms with Crippen LogP contribution in [-0.4, -0.2) is 40.1 Å². The van der Waals surface area contributed by atoms with E-state index in [4.69, 9.17) is 9.88 Å². The number of sulfonamides is 1. The highest BCUT2D eigenvalue weighted by Crippen LogP contribution is 2.13. The Morgan fingerprint density at radius 2 is 2.05 bits per heavy atom. The maximum Gasteiger partial charge on any atom is 0.254 e. The zero-order valence-electron chi connectivity index (χ0n) is 10.1. The number of hydrogen-bond acceptors (Lipinski definition) is 5. The first kappa shape index (κ1) is 13.9. The zero-order valence-corrected chi connectivity index (χ0v) is 10.9. The molecule has 8 heteroatoms. The van der Waals surface area contributed by atoms with Gasteiger partial charge in [-0.25, -0.2) is 13.6 Å². The highest BCUT2D eigenvalue weighted by atomic mass is 32.2. The molecule has 1 aromatic carbocycles. The summed E-state index contributed by atoms with van der Waals surface area (Å²) in [7, 11) is -3.72. The number of ether oxygens (including phenoxy) is 1. The molecule has 1 atom stereocenters. The van der Waals surface area contributed by atoms with Crippen molar-refractivity contribution < 1.29 is 17.9 Å². The summed E-state index contributed by atoms with van der Waals surface area (Å²) in [6.45, 7) is 1.68. The summed E-state index contributed by atoms with van der Waals surface area (Å²) in [5.41, 5.74) is 0.492. The van der Waals surface area contributed by atoms with Crippen molar-refractivity contribution in [3.63, 3.8) is 0 Å². The van der Waals surface area contributed by atoms with Crippen LogP contribution < -0.4 is 15.8 Å². The number of benzene rings is 1. The second kappa shape index (κ2) is 5.66. The van der Waals surface area contributed by atoms with Gasteiger partial charge in [0, 0.05) is 18.8 Å². The van der Waals surface area contributed by atoms with Gasteiger partial charge in [-0.05, 0) is 24.3 Å². The summed E-state index contributed by atoms with van der Waals surface area (Å²) in [4.78, 5) is 11.8. The molecule has 0 bridgehead atoms. The fourth-order valence-electron chi connectivity index (χ4n) is 1.68. The topological polar surface area (TPSA) is 111 Å². The minimum Gasteiger partial charge on any atom is -0.366 e. The Labute approximate surface area is 111 Å². The quantitative estimate of drug-likeness (QED) is 0.677. The molecule has 1 unspecified atom stereocenters. The standard InChI is InChI=1S/C11H15N3O4S/c12-19(16,17)9-3-1-8(2-4-9)14-11(15)10-7-13-5-6-18-10/h1-4,10,13H,5-7H2,(H,14,15)(H2,12,16,17). The van der Waals surface area contributed by atoms with E-state index in [9.17, 15) is 13.2 Å². The SMILES string of the molecule is NS(=O)(=O)c1ccc(NC(=O)C2CNCCO2)cc1. The molecule has 4 N–H and O–H groups in total. The summed E-state index contributed by atoms with van der Waals surface area (Å²) >= 11 is 0. The molecule has 7 nitrogen and oxygen atoms in total. The van der Waals surface area contributed by atoms with E-state index < -0.39 is 16.1 Å². The van der Waals surface area contributed by atoms with Gasteiger partial charge in [0.2, 0.25) is 10.0 Å². The molecule has 1 fully saturated rings. The van der Waals surface area contributed by atoms with Crippen molar-refractivity contribution in [3.8, 4) is 0 Å². The summed E-state index contributed by atoms with van der Waals surface area (Å²) in [6, 6.07) is 5.64. The molecule has 2 rings (SSSR count). The minimum atomic E-state index is -3.72. The molecule has 19 heavy (non-hydrogen) atoms. The number of primary sulfonamides is 1. The average molecular weight is 285 g/mol. The first-order valence-electron chi connectivity index (χ1n) is 5.73. The summed E-state index contributed by atoms with van der Waals surface area (Å²) in [5.74, 6) is -0.268. The Balaban J connectivity index is 2.01. The third-order valence-electron chi connectivity index (χ3n) is 2.67. The van der Waals surface area contributed by atoms with Gasteiger partial charge in [0.25, 0.3) is 5.91 Å². The van der Waals surface area contributed by atoms with Crippen LogP contribution in [0.2, 0.25) is 0 Å². The predicted octanol–water partition coefficient (Wildman–Crippen LogP) is -0.739. The van der Waals surface area contributed by atoms with E-state index in [1.165, 1.54) is 24.3 Å². The molecular formula is C11H15N3O4S. The highest BCUT2D eigenvalue weighted by molar-refractivity contribution is 7.89. The smallest absolute Gasteiger partial charge is 0.254 e. The van der Waals surface area contributed by atoms with Gasteiger partial charge in [0.1, 0.15) is 6.10 Å². The lowest BCUT2D eigenvalue weighted by atomic mass is 10.2. The van der Waals surface area contributed by atoms with Gasteiger partial charge >= 0.3 is 0 Å². The van der Waals surface area contributed by atoms with Crippen LogP contribution >= 0.6 is 0 Å². The first-order chi connectivity index (χ1) is 8.97. The second-order valence-corrected chi connectivity index (χ2v) is 5.68. The van der Waals surface area contributed by atoms with E-state index in [1.54, 1.807) is 0 Å². The van der Waals surface area contributed by atoms with Crippen LogP contribution in [0.3, 0.4) is 0 Å². The molecule has 1 amide bonds. The average Bonchev–Trinajstić information content (AvgIpc) is 2.39. The molecule has 0 aromatic heterocycles. The zero-order chi connectivity index (χ0) is 13.9. The maximum atomic E-state index is 11.8. The molecule has 1 aromatic rings. The van der Waals surface area contributed by atoms with E-state index in [0.717, 1.165) is 6.54 Å². The molecule has 0 saturated carbocycles. The first-order valence-corrected chi connectivity index (χ1v) is 7.27. The second-order valence-electron chi connectivity index (χ2n) is 4.12. The normalized spacial score (nSPS) is 19.9. The van der Waals surface area contributed by atoms with E-state index in [2.05, 4.69) is 10.6 Å². The van der Waals surface area contributed by atoms with Crippen molar-refractivity contribution in [1.82, 2.24) is 5.32 Å². The van der Waals surface area contributed by atoms with Gasteiger partial charge in [-0.15, -0.1) is 0 Å². The number of anilines is 1. The number of nitrogens with two attached hydrogens (primary N) is 1. The van der Waals surface area contributed by atoms with Crippen LogP contribution in [-0.2, 0) is 19.6 Å². The Hall–Kier alpha value is -1.48. The number of carbonyl (C=O) groups excluding carboxylic acids is 1. The fourth-order valence-corrected chi connectivity index (χ4v) is 2.20. The highest BCUT2D eigenvalue weighted by Gasteiger charge is 2.21. The Morgan fingerprint density at radius 3 is 2.58 bits per heavy atom. The van der Waals surface area contributed by atoms with Crippen molar-refractivity contribution in [1.29, 1.82) is 0 Å². The van der Waals surface area contributed by atoms with Crippen molar-refractivity contribution in [2.75, 3.05) is 25.0 Å². The van der Waals surface area contributed by atoms with Crippen molar-refractivity contribution in [3.05, 3.63) is 24.3 Å². The molecule has 1 saturated heterocycles. The monoisotopic (exact) mass is 285 g/mol. The van der Waals surface area contributed by atoms with Crippen LogP contribution in [0.1, 0.15) is 0 Å². The van der Waals surface area contributed by atoms with Crippen molar-refractivity contribution in [2.45, 2.75) is 11.0 Å². The Kier molecular flexibility index (Phi) is 4.15. The molecule has 1 aliphatic rings. The lowest BCUT2D eigenvalue weighted by Crippen LogP contribution is -2.45. The fraction of sp³-hybridized carbons (Fsp3) is 0.364. The van der Waals surface area contributed by atoms with E-state index in [-0.39, 0.29) is 10.8 Å². The van der Waals surface area contributed by atoms with Gasteiger partial charge in [-0.1, -0.05) is 0 Å². The van der Waals surface area contributed by atoms with Crippen LogP contribution in [0.5, 0.6) is 0 Å². The van der Waals surface area contributed by atoms with Crippen molar-refractivity contribution in [2.24, 2.45) is 5.14 Å². The predicted molar refractivity (Wildman–Crippen MR) is 69.1 cm³/mol. The van der Waals surface area contributed by atoms with Crippen LogP contribution in [0.4, 0.5) is 5.69 Å². The van der Waals surface area contributed by atoms with Crippen LogP contribution in [0.15, 0.2) is 29.2 Å². The lowest BCUT2D eigenvalue weighted by molar-refractivity contribution is -0.128. The molecule has 1 aliphatic heterocycles. The molecular weight excluding hydrogens is 270 g/mol. The van der Waals surface area contributed by atoms with E-state index in [1.807, 2.05) is 0 Å². The molecule has 104 valence electrons. The number of carbonyl (C=O) groups is 1. The summed E-state index contributed by atoms with van der Waals surface area (Å²) in [5, 5.41) is 10.7. The maximum absolute atomic E-state index is 11.8. The summed E-state index contributed by atoms with van der Waals surface area (Å²) in [6.07, 6.45) is -0.535. The minimum absolute atomic E-state index is 0.00100. The van der Waals surface area contributed by atoms with Gasteiger partial charge in [0.15, 0.2) is 0 Å². The van der Waals surface area contributed by atoms with Crippen LogP contribution in [0.25, 0.3) is 0 Å². The largest absolute Gasteiger partial charge is 0.366 e. The number of rotatable bonds is 3. The Morgan fingerprint density at radius 1 is 1.37 bits per heavy atom. The van der Waals surface area contributed by atoms with Gasteiger partial charge in [0.05, 0.1) is 11.5 Å². The van der Waals surface area contributed by atoms with Gasteiger partial charge < -0.3 is 15.4 Å². The third kappa shape index (κ3) is 3.74. The molecule has 1 heterocycles. The number of amides is 1. The van der Waals surface area contributed by atoms with E-state index in [0.29, 0.717) is 18.8 Å². The molecule has 0 aliphatic carbocycles. The van der Waals surface area contributed by atoms with E-state index >= 15 is 0 Å². The third-order valence-corrected chi connectivity index (χ3v) is 3.60. The van der Waals surface area contributed by atoms with Gasteiger partial charge in [-0.3, -0.25) is 4.79 Å². The number of morpholine rings is 1. The van der Waals surface area contributed by atoms with Crippen LogP contribution in [0, 0.1) is 0 Å².